The second-order valence-corrected chi connectivity index (χ2v) is 7.54. The van der Waals surface area contributed by atoms with Crippen molar-refractivity contribution in [2.75, 3.05) is 13.2 Å². The van der Waals surface area contributed by atoms with Gasteiger partial charge in [-0.1, -0.05) is 11.6 Å². The number of aryl methyl sites for hydroxylation is 2. The van der Waals surface area contributed by atoms with Gasteiger partial charge in [0.1, 0.15) is 17.1 Å². The van der Waals surface area contributed by atoms with Crippen LogP contribution in [0.15, 0.2) is 34.3 Å². The molecule has 1 aliphatic carbocycles. The van der Waals surface area contributed by atoms with E-state index in [2.05, 4.69) is 24.4 Å². The number of amides is 1. The smallest absolute Gasteiger partial charge is 0.244 e. The molecule has 0 aliphatic heterocycles. The number of fused-ring (bicyclic) bond motifs is 1. The number of nitrogens with one attached hydrogen (secondary N) is 1. The summed E-state index contributed by atoms with van der Waals surface area (Å²) in [5.74, 6) is 1.60. The molecule has 1 amide bonds. The lowest BCUT2D eigenvalue weighted by Crippen LogP contribution is -2.23. The molecule has 0 saturated heterocycles. The highest BCUT2D eigenvalue weighted by Crippen LogP contribution is 2.35. The molecule has 4 heteroatoms. The van der Waals surface area contributed by atoms with Crippen LogP contribution in [0.1, 0.15) is 62.8 Å². The monoisotopic (exact) mass is 381 g/mol. The van der Waals surface area contributed by atoms with Gasteiger partial charge >= 0.3 is 0 Å². The van der Waals surface area contributed by atoms with Crippen LogP contribution in [-0.2, 0) is 4.79 Å². The van der Waals surface area contributed by atoms with E-state index in [9.17, 15) is 4.79 Å². The molecule has 3 rings (SSSR count). The van der Waals surface area contributed by atoms with Crippen molar-refractivity contribution in [3.8, 4) is 5.75 Å². The molecule has 150 valence electrons. The molecule has 4 nitrogen and oxygen atoms in total. The number of hydrogen-bond acceptors (Lipinski definition) is 3. The summed E-state index contributed by atoms with van der Waals surface area (Å²) >= 11 is 0. The number of carbonyl (C=O) groups excluding carboxylic acids is 1. The molecular weight excluding hydrogens is 350 g/mol. The normalized spacial score (nSPS) is 14.9. The predicted octanol–water partition coefficient (Wildman–Crippen LogP) is 5.86. The summed E-state index contributed by atoms with van der Waals surface area (Å²) in [6.45, 7) is 9.18. The lowest BCUT2D eigenvalue weighted by Gasteiger charge is -2.13. The number of rotatable bonds is 7. The molecule has 1 N–H and O–H groups in total. The Kier molecular flexibility index (Phi) is 6.61. The number of ether oxygens (including phenoxy) is 1. The van der Waals surface area contributed by atoms with Crippen LogP contribution in [0.3, 0.4) is 0 Å². The predicted molar refractivity (Wildman–Crippen MR) is 115 cm³/mol. The van der Waals surface area contributed by atoms with Crippen LogP contribution in [0, 0.1) is 13.8 Å². The van der Waals surface area contributed by atoms with Crippen molar-refractivity contribution in [2.45, 2.75) is 59.8 Å². The van der Waals surface area contributed by atoms with Gasteiger partial charge in [0.25, 0.3) is 0 Å². The van der Waals surface area contributed by atoms with Gasteiger partial charge in [0.15, 0.2) is 0 Å². The zero-order chi connectivity index (χ0) is 20.1. The Hall–Kier alpha value is -2.49. The maximum absolute atomic E-state index is 12.4. The molecule has 1 heterocycles. The summed E-state index contributed by atoms with van der Waals surface area (Å²) < 4.78 is 11.6. The first-order chi connectivity index (χ1) is 13.5. The van der Waals surface area contributed by atoms with Gasteiger partial charge in [0.2, 0.25) is 5.91 Å². The molecule has 0 unspecified atom stereocenters. The molecular formula is C24H31NO3. The molecule has 28 heavy (non-hydrogen) atoms. The first kappa shape index (κ1) is 20.2. The third kappa shape index (κ3) is 4.67. The summed E-state index contributed by atoms with van der Waals surface area (Å²) in [5.41, 5.74) is 5.24. The highest BCUT2D eigenvalue weighted by Gasteiger charge is 2.14. The lowest BCUT2D eigenvalue weighted by atomic mass is 9.97. The first-order valence-electron chi connectivity index (χ1n) is 10.3. The molecule has 1 aromatic carbocycles. The molecule has 0 spiro atoms. The van der Waals surface area contributed by atoms with Crippen molar-refractivity contribution in [3.63, 3.8) is 0 Å². The fraction of sp³-hybridized carbons (Fsp3) is 0.458. The molecule has 0 saturated carbocycles. The molecule has 2 aromatic rings. The number of allylic oxidation sites excluding steroid dienone is 2. The van der Waals surface area contributed by atoms with Gasteiger partial charge in [-0.05, 0) is 77.0 Å². The van der Waals surface area contributed by atoms with Crippen LogP contribution >= 0.6 is 0 Å². The van der Waals surface area contributed by atoms with Crippen molar-refractivity contribution in [1.82, 2.24) is 5.32 Å². The average Bonchev–Trinajstić information content (AvgIpc) is 2.95. The Morgan fingerprint density at radius 3 is 2.82 bits per heavy atom. The van der Waals surface area contributed by atoms with Gasteiger partial charge in [0, 0.05) is 29.6 Å². The standard InChI is InChI=1S/C24H31NO3/c1-5-27-22-15-23-21(17(3)18(4)28-23)14-20(22)16(2)13-24(26)25-12-11-19-9-7-6-8-10-19/h9,13-15H,5-8,10-12H2,1-4H3,(H,25,26)/b16-13+. The van der Waals surface area contributed by atoms with E-state index < -0.39 is 0 Å². The van der Waals surface area contributed by atoms with E-state index in [4.69, 9.17) is 9.15 Å². The Labute approximate surface area is 167 Å². The second kappa shape index (κ2) is 9.13. The summed E-state index contributed by atoms with van der Waals surface area (Å²) in [7, 11) is 0. The second-order valence-electron chi connectivity index (χ2n) is 7.54. The number of benzene rings is 1. The molecule has 0 atom stereocenters. The third-order valence-electron chi connectivity index (χ3n) is 5.48. The Bertz CT molecular complexity index is 918. The number of hydrogen-bond donors (Lipinski definition) is 1. The van der Waals surface area contributed by atoms with E-state index in [1.54, 1.807) is 6.08 Å². The van der Waals surface area contributed by atoms with Crippen molar-refractivity contribution in [1.29, 1.82) is 0 Å². The van der Waals surface area contributed by atoms with Crippen molar-refractivity contribution in [3.05, 3.63) is 46.7 Å². The van der Waals surface area contributed by atoms with Crippen molar-refractivity contribution >= 4 is 22.4 Å². The molecule has 1 aromatic heterocycles. The topological polar surface area (TPSA) is 51.5 Å². The van der Waals surface area contributed by atoms with Gasteiger partial charge in [-0.2, -0.15) is 0 Å². The summed E-state index contributed by atoms with van der Waals surface area (Å²) in [5, 5.41) is 4.08. The van der Waals surface area contributed by atoms with E-state index >= 15 is 0 Å². The van der Waals surface area contributed by atoms with E-state index in [0.29, 0.717) is 13.2 Å². The summed E-state index contributed by atoms with van der Waals surface area (Å²) in [6.07, 6.45) is 9.86. The van der Waals surface area contributed by atoms with Gasteiger partial charge in [0.05, 0.1) is 6.61 Å². The lowest BCUT2D eigenvalue weighted by molar-refractivity contribution is -0.116. The van der Waals surface area contributed by atoms with E-state index in [1.165, 1.54) is 31.3 Å². The summed E-state index contributed by atoms with van der Waals surface area (Å²) in [4.78, 5) is 12.4. The Morgan fingerprint density at radius 1 is 1.29 bits per heavy atom. The fourth-order valence-corrected chi connectivity index (χ4v) is 3.76. The zero-order valence-corrected chi connectivity index (χ0v) is 17.5. The maximum atomic E-state index is 12.4. The summed E-state index contributed by atoms with van der Waals surface area (Å²) in [6, 6.07) is 4.00. The van der Waals surface area contributed by atoms with Crippen LogP contribution in [-0.4, -0.2) is 19.1 Å². The highest BCUT2D eigenvalue weighted by atomic mass is 16.5. The molecule has 1 aliphatic rings. The number of carbonyl (C=O) groups is 1. The van der Waals surface area contributed by atoms with Crippen molar-refractivity contribution in [2.24, 2.45) is 0 Å². The van der Waals surface area contributed by atoms with Crippen LogP contribution < -0.4 is 10.1 Å². The van der Waals surface area contributed by atoms with Crippen LogP contribution in [0.5, 0.6) is 5.75 Å². The molecule has 0 fully saturated rings. The van der Waals surface area contributed by atoms with E-state index in [1.807, 2.05) is 26.8 Å². The molecule has 0 radical (unpaired) electrons. The van der Waals surface area contributed by atoms with Crippen LogP contribution in [0.25, 0.3) is 16.5 Å². The van der Waals surface area contributed by atoms with Crippen LogP contribution in [0.4, 0.5) is 0 Å². The minimum absolute atomic E-state index is 0.0587. The van der Waals surface area contributed by atoms with E-state index in [-0.39, 0.29) is 5.91 Å². The minimum atomic E-state index is -0.0587. The molecule has 0 bridgehead atoms. The van der Waals surface area contributed by atoms with Crippen LogP contribution in [0.2, 0.25) is 0 Å². The van der Waals surface area contributed by atoms with Gasteiger partial charge in [-0.15, -0.1) is 0 Å². The highest BCUT2D eigenvalue weighted by molar-refractivity contribution is 5.97. The average molecular weight is 382 g/mol. The minimum Gasteiger partial charge on any atom is -0.493 e. The quantitative estimate of drug-likeness (QED) is 0.483. The maximum Gasteiger partial charge on any atom is 0.244 e. The van der Waals surface area contributed by atoms with Gasteiger partial charge in [-0.25, -0.2) is 0 Å². The fourth-order valence-electron chi connectivity index (χ4n) is 3.76. The Morgan fingerprint density at radius 2 is 2.11 bits per heavy atom. The first-order valence-corrected chi connectivity index (χ1v) is 10.3. The Balaban J connectivity index is 1.75. The van der Waals surface area contributed by atoms with Crippen molar-refractivity contribution < 1.29 is 13.9 Å². The van der Waals surface area contributed by atoms with E-state index in [0.717, 1.165) is 45.6 Å². The number of furan rings is 1. The largest absolute Gasteiger partial charge is 0.493 e. The SMILES string of the molecule is CCOc1cc2oc(C)c(C)c2cc1/C(C)=C/C(=O)NCCC1=CCCCC1. The zero-order valence-electron chi connectivity index (χ0n) is 17.5. The van der Waals surface area contributed by atoms with Gasteiger partial charge < -0.3 is 14.5 Å². The third-order valence-corrected chi connectivity index (χ3v) is 5.48. The van der Waals surface area contributed by atoms with Gasteiger partial charge in [-0.3, -0.25) is 4.79 Å².